The molecule has 1 saturated carbocycles. The van der Waals surface area contributed by atoms with Crippen molar-refractivity contribution in [1.82, 2.24) is 10.3 Å². The minimum absolute atomic E-state index is 0.329. The molecule has 1 aliphatic carbocycles. The molecule has 1 N–H and O–H groups in total. The molecule has 3 heteroatoms. The monoisotopic (exact) mass is 290 g/mol. The number of rotatable bonds is 6. The Kier molecular flexibility index (Phi) is 6.04. The van der Waals surface area contributed by atoms with Crippen LogP contribution in [-0.2, 0) is 6.54 Å². The molecule has 1 aromatic heterocycles. The van der Waals surface area contributed by atoms with Crippen molar-refractivity contribution in [1.29, 1.82) is 0 Å². The lowest BCUT2D eigenvalue weighted by atomic mass is 9.82. The molecule has 0 amide bonds. The van der Waals surface area contributed by atoms with E-state index < -0.39 is 0 Å². The van der Waals surface area contributed by atoms with Crippen molar-refractivity contribution in [3.8, 4) is 5.88 Å². The maximum Gasteiger partial charge on any atom is 0.213 e. The van der Waals surface area contributed by atoms with Gasteiger partial charge in [0.1, 0.15) is 6.10 Å². The lowest BCUT2D eigenvalue weighted by molar-refractivity contribution is 0.0965. The largest absolute Gasteiger partial charge is 0.474 e. The predicted molar refractivity (Wildman–Crippen MR) is 87.4 cm³/mol. The van der Waals surface area contributed by atoms with Crippen LogP contribution in [0.5, 0.6) is 5.88 Å². The molecule has 0 radical (unpaired) electrons. The smallest absolute Gasteiger partial charge is 0.213 e. The summed E-state index contributed by atoms with van der Waals surface area (Å²) in [6.45, 7) is 10.9. The van der Waals surface area contributed by atoms with Crippen LogP contribution in [0.3, 0.4) is 0 Å². The third-order valence-electron chi connectivity index (χ3n) is 4.06. The first kappa shape index (κ1) is 16.3. The summed E-state index contributed by atoms with van der Waals surface area (Å²) in [5.74, 6) is 2.96. The van der Waals surface area contributed by atoms with E-state index in [-0.39, 0.29) is 0 Å². The van der Waals surface area contributed by atoms with E-state index in [1.807, 2.05) is 12.1 Å². The van der Waals surface area contributed by atoms with E-state index in [1.54, 1.807) is 0 Å². The van der Waals surface area contributed by atoms with E-state index in [0.717, 1.165) is 49.3 Å². The van der Waals surface area contributed by atoms with Crippen molar-refractivity contribution in [3.63, 3.8) is 0 Å². The number of hydrogen-bond acceptors (Lipinski definition) is 3. The lowest BCUT2D eigenvalue weighted by Gasteiger charge is -2.31. The predicted octanol–water partition coefficient (Wildman–Crippen LogP) is 4.03. The van der Waals surface area contributed by atoms with Crippen LogP contribution in [0.15, 0.2) is 18.2 Å². The Morgan fingerprint density at radius 3 is 2.57 bits per heavy atom. The van der Waals surface area contributed by atoms with Gasteiger partial charge in [0.15, 0.2) is 0 Å². The first-order valence-electron chi connectivity index (χ1n) is 8.36. The molecule has 118 valence electrons. The van der Waals surface area contributed by atoms with E-state index in [4.69, 9.17) is 4.74 Å². The van der Waals surface area contributed by atoms with Crippen LogP contribution in [0, 0.1) is 17.8 Å². The van der Waals surface area contributed by atoms with Gasteiger partial charge < -0.3 is 10.1 Å². The number of nitrogens with one attached hydrogen (secondary N) is 1. The van der Waals surface area contributed by atoms with Gasteiger partial charge in [-0.2, -0.15) is 0 Å². The zero-order valence-electron chi connectivity index (χ0n) is 13.9. The van der Waals surface area contributed by atoms with E-state index in [2.05, 4.69) is 44.1 Å². The van der Waals surface area contributed by atoms with Crippen LogP contribution >= 0.6 is 0 Å². The second-order valence-corrected chi connectivity index (χ2v) is 7.15. The zero-order chi connectivity index (χ0) is 15.2. The fourth-order valence-corrected chi connectivity index (χ4v) is 3.25. The minimum atomic E-state index is 0.329. The van der Waals surface area contributed by atoms with Crippen molar-refractivity contribution in [2.45, 2.75) is 59.6 Å². The molecular weight excluding hydrogens is 260 g/mol. The molecule has 1 heterocycles. The van der Waals surface area contributed by atoms with Gasteiger partial charge >= 0.3 is 0 Å². The van der Waals surface area contributed by atoms with E-state index in [9.17, 15) is 0 Å². The standard InChI is InChI=1S/C18H30N2O/c1-13(2)11-19-12-16-6-5-7-18(20-16)21-17-9-14(3)8-15(4)10-17/h5-7,13-15,17,19H,8-12H2,1-4H3. The van der Waals surface area contributed by atoms with Crippen molar-refractivity contribution in [3.05, 3.63) is 23.9 Å². The molecule has 2 atom stereocenters. The van der Waals surface area contributed by atoms with Crippen LogP contribution < -0.4 is 10.1 Å². The van der Waals surface area contributed by atoms with Gasteiger partial charge in [0, 0.05) is 12.6 Å². The molecule has 0 bridgehead atoms. The summed E-state index contributed by atoms with van der Waals surface area (Å²) in [4.78, 5) is 4.63. The Bertz CT molecular complexity index is 423. The molecule has 0 aliphatic heterocycles. The summed E-state index contributed by atoms with van der Waals surface area (Å²) in [5, 5.41) is 3.43. The molecule has 1 aromatic rings. The summed E-state index contributed by atoms with van der Waals surface area (Å²) in [5.41, 5.74) is 1.06. The van der Waals surface area contributed by atoms with Crippen LogP contribution in [-0.4, -0.2) is 17.6 Å². The summed E-state index contributed by atoms with van der Waals surface area (Å²) in [6.07, 6.45) is 3.96. The molecule has 0 saturated heterocycles. The Hall–Kier alpha value is -1.09. The van der Waals surface area contributed by atoms with Gasteiger partial charge in [0.25, 0.3) is 0 Å². The Morgan fingerprint density at radius 2 is 1.90 bits per heavy atom. The van der Waals surface area contributed by atoms with Gasteiger partial charge in [-0.05, 0) is 49.6 Å². The summed E-state index contributed by atoms with van der Waals surface area (Å²) in [6, 6.07) is 6.09. The van der Waals surface area contributed by atoms with E-state index in [1.165, 1.54) is 6.42 Å². The van der Waals surface area contributed by atoms with E-state index in [0.29, 0.717) is 12.0 Å². The summed E-state index contributed by atoms with van der Waals surface area (Å²) >= 11 is 0. The maximum atomic E-state index is 6.13. The molecule has 1 aliphatic rings. The number of aromatic nitrogens is 1. The Balaban J connectivity index is 1.88. The summed E-state index contributed by atoms with van der Waals surface area (Å²) < 4.78 is 6.13. The van der Waals surface area contributed by atoms with Crippen LogP contribution in [0.25, 0.3) is 0 Å². The Morgan fingerprint density at radius 1 is 1.19 bits per heavy atom. The van der Waals surface area contributed by atoms with Gasteiger partial charge in [-0.1, -0.05) is 33.8 Å². The Labute approximate surface area is 129 Å². The first-order valence-corrected chi connectivity index (χ1v) is 8.36. The molecule has 0 spiro atoms. The van der Waals surface area contributed by atoms with Crippen molar-refractivity contribution in [2.75, 3.05) is 6.54 Å². The van der Waals surface area contributed by atoms with Gasteiger partial charge in [0.05, 0.1) is 5.69 Å². The molecule has 2 unspecified atom stereocenters. The van der Waals surface area contributed by atoms with Gasteiger partial charge in [-0.25, -0.2) is 4.98 Å². The normalized spacial score (nSPS) is 26.0. The number of nitrogens with zero attached hydrogens (tertiary/aromatic N) is 1. The number of ether oxygens (including phenoxy) is 1. The molecule has 3 nitrogen and oxygen atoms in total. The van der Waals surface area contributed by atoms with Crippen LogP contribution in [0.2, 0.25) is 0 Å². The highest BCUT2D eigenvalue weighted by molar-refractivity contribution is 5.16. The topological polar surface area (TPSA) is 34.1 Å². The molecule has 0 aromatic carbocycles. The average Bonchev–Trinajstić information content (AvgIpc) is 2.37. The fraction of sp³-hybridized carbons (Fsp3) is 0.722. The first-order chi connectivity index (χ1) is 10.0. The zero-order valence-corrected chi connectivity index (χ0v) is 13.9. The van der Waals surface area contributed by atoms with Crippen molar-refractivity contribution in [2.24, 2.45) is 17.8 Å². The SMILES string of the molecule is CC(C)CNCc1cccc(OC2CC(C)CC(C)C2)n1. The third-order valence-corrected chi connectivity index (χ3v) is 4.06. The summed E-state index contributed by atoms with van der Waals surface area (Å²) in [7, 11) is 0. The maximum absolute atomic E-state index is 6.13. The van der Waals surface area contributed by atoms with Crippen LogP contribution in [0.4, 0.5) is 0 Å². The van der Waals surface area contributed by atoms with E-state index >= 15 is 0 Å². The highest BCUT2D eigenvalue weighted by Gasteiger charge is 2.25. The quantitative estimate of drug-likeness (QED) is 0.859. The second-order valence-electron chi connectivity index (χ2n) is 7.15. The molecule has 21 heavy (non-hydrogen) atoms. The second kappa shape index (κ2) is 7.79. The molecule has 1 fully saturated rings. The van der Waals surface area contributed by atoms with Crippen molar-refractivity contribution < 1.29 is 4.74 Å². The molecule has 2 rings (SSSR count). The van der Waals surface area contributed by atoms with Gasteiger partial charge in [-0.3, -0.25) is 0 Å². The number of pyridine rings is 1. The highest BCUT2D eigenvalue weighted by atomic mass is 16.5. The minimum Gasteiger partial charge on any atom is -0.474 e. The van der Waals surface area contributed by atoms with Crippen LogP contribution in [0.1, 0.15) is 52.7 Å². The average molecular weight is 290 g/mol. The molecular formula is C18H30N2O. The number of hydrogen-bond donors (Lipinski definition) is 1. The highest BCUT2D eigenvalue weighted by Crippen LogP contribution is 2.30. The fourth-order valence-electron chi connectivity index (χ4n) is 3.25. The van der Waals surface area contributed by atoms with Gasteiger partial charge in [0.2, 0.25) is 5.88 Å². The lowest BCUT2D eigenvalue weighted by Crippen LogP contribution is -2.29. The van der Waals surface area contributed by atoms with Gasteiger partial charge in [-0.15, -0.1) is 0 Å². The third kappa shape index (κ3) is 5.66. The van der Waals surface area contributed by atoms with Crippen molar-refractivity contribution >= 4 is 0 Å².